The second-order valence-corrected chi connectivity index (χ2v) is 5.15. The first-order chi connectivity index (χ1) is 8.20. The van der Waals surface area contributed by atoms with Gasteiger partial charge in [0.2, 0.25) is 5.78 Å². The van der Waals surface area contributed by atoms with Gasteiger partial charge in [0.25, 0.3) is 0 Å². The van der Waals surface area contributed by atoms with E-state index in [9.17, 15) is 14.7 Å². The number of carbonyl (C=O) groups is 2. The Morgan fingerprint density at radius 1 is 1.47 bits per heavy atom. The highest BCUT2D eigenvalue weighted by Crippen LogP contribution is 2.25. The zero-order valence-corrected chi connectivity index (χ0v) is 9.94. The molecule has 2 N–H and O–H groups in total. The number of aldehydes is 1. The monoisotopic (exact) mass is 251 g/mol. The summed E-state index contributed by atoms with van der Waals surface area (Å²) in [6.45, 7) is 0. The van der Waals surface area contributed by atoms with Gasteiger partial charge >= 0.3 is 0 Å². The summed E-state index contributed by atoms with van der Waals surface area (Å²) in [4.78, 5) is 21.9. The summed E-state index contributed by atoms with van der Waals surface area (Å²) >= 11 is 1.64. The zero-order chi connectivity index (χ0) is 12.3. The predicted molar refractivity (Wildman–Crippen MR) is 66.1 cm³/mol. The van der Waals surface area contributed by atoms with Crippen LogP contribution in [0.5, 0.6) is 5.75 Å². The molecule has 0 saturated carbocycles. The minimum atomic E-state index is -0.390. The van der Waals surface area contributed by atoms with E-state index in [0.717, 1.165) is 5.56 Å². The first kappa shape index (κ1) is 12.1. The van der Waals surface area contributed by atoms with Crippen LogP contribution in [-0.2, 0) is 16.0 Å². The van der Waals surface area contributed by atoms with Crippen LogP contribution >= 0.6 is 11.8 Å². The average molecular weight is 251 g/mol. The lowest BCUT2D eigenvalue weighted by Gasteiger charge is -2.15. The van der Waals surface area contributed by atoms with Gasteiger partial charge in [0.05, 0.1) is 6.04 Å². The van der Waals surface area contributed by atoms with Crippen molar-refractivity contribution in [1.82, 2.24) is 5.32 Å². The van der Waals surface area contributed by atoms with E-state index in [2.05, 4.69) is 5.32 Å². The molecule has 2 unspecified atom stereocenters. The van der Waals surface area contributed by atoms with Crippen LogP contribution in [0.2, 0.25) is 0 Å². The van der Waals surface area contributed by atoms with Gasteiger partial charge in [-0.2, -0.15) is 0 Å². The van der Waals surface area contributed by atoms with Gasteiger partial charge in [-0.15, -0.1) is 11.8 Å². The first-order valence-electron chi connectivity index (χ1n) is 5.32. The molecule has 0 aliphatic carbocycles. The quantitative estimate of drug-likeness (QED) is 0.610. The first-order valence-corrected chi connectivity index (χ1v) is 6.37. The molecule has 0 amide bonds. The Labute approximate surface area is 103 Å². The van der Waals surface area contributed by atoms with E-state index in [1.165, 1.54) is 0 Å². The van der Waals surface area contributed by atoms with Gasteiger partial charge in [-0.1, -0.05) is 12.1 Å². The molecule has 1 aromatic carbocycles. The maximum Gasteiger partial charge on any atom is 0.213 e. The van der Waals surface area contributed by atoms with Crippen LogP contribution in [0.4, 0.5) is 0 Å². The number of phenols is 1. The van der Waals surface area contributed by atoms with Gasteiger partial charge in [-0.25, -0.2) is 0 Å². The lowest BCUT2D eigenvalue weighted by Crippen LogP contribution is -2.39. The highest BCUT2D eigenvalue weighted by atomic mass is 32.2. The van der Waals surface area contributed by atoms with Crippen LogP contribution in [0.15, 0.2) is 24.3 Å². The molecule has 0 aromatic heterocycles. The third-order valence-electron chi connectivity index (χ3n) is 2.77. The van der Waals surface area contributed by atoms with Crippen molar-refractivity contribution in [2.75, 3.05) is 5.88 Å². The number of Topliss-reactive ketones (excluding diaryl/α,β-unsaturated/α-hetero) is 1. The Morgan fingerprint density at radius 3 is 2.82 bits per heavy atom. The van der Waals surface area contributed by atoms with Crippen molar-refractivity contribution < 1.29 is 14.7 Å². The average Bonchev–Trinajstić information content (AvgIpc) is 2.79. The third kappa shape index (κ3) is 2.87. The van der Waals surface area contributed by atoms with Crippen molar-refractivity contribution in [2.45, 2.75) is 17.7 Å². The normalized spacial score (nSPS) is 23.5. The van der Waals surface area contributed by atoms with E-state index in [1.807, 2.05) is 12.1 Å². The highest BCUT2D eigenvalue weighted by molar-refractivity contribution is 8.00. The second kappa shape index (κ2) is 5.33. The number of ketones is 1. The van der Waals surface area contributed by atoms with Crippen LogP contribution in [0.1, 0.15) is 5.56 Å². The Hall–Kier alpha value is -1.33. The van der Waals surface area contributed by atoms with E-state index in [1.54, 1.807) is 23.9 Å². The number of hydrogen-bond acceptors (Lipinski definition) is 5. The maximum absolute atomic E-state index is 11.4. The van der Waals surface area contributed by atoms with Crippen molar-refractivity contribution in [2.24, 2.45) is 0 Å². The fourth-order valence-corrected chi connectivity index (χ4v) is 3.09. The van der Waals surface area contributed by atoms with Crippen LogP contribution in [-0.4, -0.2) is 34.3 Å². The number of benzene rings is 1. The van der Waals surface area contributed by atoms with Crippen molar-refractivity contribution >= 4 is 23.8 Å². The number of carbonyl (C=O) groups excluding carboxylic acids is 2. The Kier molecular flexibility index (Phi) is 3.81. The molecule has 1 saturated heterocycles. The van der Waals surface area contributed by atoms with E-state index in [0.29, 0.717) is 18.6 Å². The molecular weight excluding hydrogens is 238 g/mol. The van der Waals surface area contributed by atoms with Crippen LogP contribution < -0.4 is 5.32 Å². The molecule has 4 nitrogen and oxygen atoms in total. The molecule has 2 atom stereocenters. The van der Waals surface area contributed by atoms with Gasteiger partial charge < -0.3 is 5.11 Å². The minimum Gasteiger partial charge on any atom is -0.508 e. The van der Waals surface area contributed by atoms with Crippen LogP contribution in [0, 0.1) is 0 Å². The second-order valence-electron chi connectivity index (χ2n) is 3.92. The molecule has 0 radical (unpaired) electrons. The summed E-state index contributed by atoms with van der Waals surface area (Å²) in [6, 6.07) is 6.52. The van der Waals surface area contributed by atoms with Gasteiger partial charge in [0.1, 0.15) is 5.75 Å². The Morgan fingerprint density at radius 2 is 2.18 bits per heavy atom. The van der Waals surface area contributed by atoms with Gasteiger partial charge in [-0.05, 0) is 24.1 Å². The van der Waals surface area contributed by atoms with Crippen molar-refractivity contribution in [3.63, 3.8) is 0 Å². The number of phenolic OH excluding ortho intramolecular Hbond substituents is 1. The van der Waals surface area contributed by atoms with Crippen molar-refractivity contribution in [1.29, 1.82) is 0 Å². The lowest BCUT2D eigenvalue weighted by molar-refractivity contribution is -0.131. The molecule has 1 fully saturated rings. The molecule has 0 bridgehead atoms. The summed E-state index contributed by atoms with van der Waals surface area (Å²) in [7, 11) is 0. The van der Waals surface area contributed by atoms with Gasteiger partial charge in [0.15, 0.2) is 6.29 Å². The third-order valence-corrected chi connectivity index (χ3v) is 3.97. The zero-order valence-electron chi connectivity index (χ0n) is 9.13. The molecular formula is C12H13NO3S. The minimum absolute atomic E-state index is 0.0808. The van der Waals surface area contributed by atoms with E-state index >= 15 is 0 Å². The molecule has 2 rings (SSSR count). The molecule has 1 aliphatic rings. The summed E-state index contributed by atoms with van der Waals surface area (Å²) in [5.41, 5.74) is 1.05. The summed E-state index contributed by atoms with van der Waals surface area (Å²) < 4.78 is 0. The van der Waals surface area contributed by atoms with Crippen molar-refractivity contribution in [3.8, 4) is 5.75 Å². The van der Waals surface area contributed by atoms with E-state index in [4.69, 9.17) is 0 Å². The molecule has 1 aromatic rings. The standard InChI is InChI=1S/C12H13NO3S/c14-6-10(16)12-11(17-7-13-12)5-8-1-3-9(15)4-2-8/h1-4,6,11-13,15H,5,7H2. The molecule has 90 valence electrons. The summed E-state index contributed by atoms with van der Waals surface area (Å²) in [5.74, 6) is 0.526. The number of thioether (sulfide) groups is 1. The lowest BCUT2D eigenvalue weighted by atomic mass is 10.0. The smallest absolute Gasteiger partial charge is 0.213 e. The van der Waals surface area contributed by atoms with Crippen molar-refractivity contribution in [3.05, 3.63) is 29.8 Å². The largest absolute Gasteiger partial charge is 0.508 e. The van der Waals surface area contributed by atoms with Gasteiger partial charge in [-0.3, -0.25) is 14.9 Å². The van der Waals surface area contributed by atoms with E-state index in [-0.39, 0.29) is 17.0 Å². The SMILES string of the molecule is O=CC(=O)C1NCSC1Cc1ccc(O)cc1. The fourth-order valence-electron chi connectivity index (χ4n) is 1.87. The maximum atomic E-state index is 11.4. The number of hydrogen-bond donors (Lipinski definition) is 2. The molecule has 1 aliphatic heterocycles. The molecule has 1 heterocycles. The summed E-state index contributed by atoms with van der Waals surface area (Å²) in [6.07, 6.45) is 1.09. The van der Waals surface area contributed by atoms with Gasteiger partial charge in [0, 0.05) is 11.1 Å². The predicted octanol–water partition coefficient (Wildman–Crippen LogP) is 0.734. The number of rotatable bonds is 4. The van der Waals surface area contributed by atoms with Crippen LogP contribution in [0.25, 0.3) is 0 Å². The number of aromatic hydroxyl groups is 1. The number of nitrogens with one attached hydrogen (secondary N) is 1. The topological polar surface area (TPSA) is 66.4 Å². The fraction of sp³-hybridized carbons (Fsp3) is 0.333. The Bertz CT molecular complexity index is 418. The molecule has 0 spiro atoms. The molecule has 17 heavy (non-hydrogen) atoms. The van der Waals surface area contributed by atoms with E-state index < -0.39 is 5.78 Å². The Balaban J connectivity index is 2.05. The highest BCUT2D eigenvalue weighted by Gasteiger charge is 2.32. The molecule has 5 heteroatoms. The summed E-state index contributed by atoms with van der Waals surface area (Å²) in [5, 5.41) is 12.3. The van der Waals surface area contributed by atoms with Crippen LogP contribution in [0.3, 0.4) is 0 Å².